The van der Waals surface area contributed by atoms with Gasteiger partial charge in [-0.25, -0.2) is 4.99 Å². The maximum Gasteiger partial charge on any atom is 0.256 e. The molecular formula is C20H16N2O3. The number of nitrogens with one attached hydrogen (secondary N) is 1. The van der Waals surface area contributed by atoms with Crippen molar-refractivity contribution in [3.8, 4) is 11.3 Å². The Morgan fingerprint density at radius 2 is 1.76 bits per heavy atom. The van der Waals surface area contributed by atoms with Gasteiger partial charge in [0.25, 0.3) is 5.91 Å². The summed E-state index contributed by atoms with van der Waals surface area (Å²) >= 11 is 0. The highest BCUT2D eigenvalue weighted by atomic mass is 16.5. The molecule has 1 aliphatic rings. The first-order valence-corrected chi connectivity index (χ1v) is 8.04. The Morgan fingerprint density at radius 3 is 2.52 bits per heavy atom. The molecule has 1 amide bonds. The molecule has 0 fully saturated rings. The molecule has 1 N–H and O–H groups in total. The Morgan fingerprint density at radius 1 is 0.960 bits per heavy atom. The SMILES string of the molecule is O=C(Nc1ccccc1C1=NCCO1)c1ccccc1-c1ccco1. The number of ether oxygens (including phenoxy) is 1. The van der Waals surface area contributed by atoms with E-state index in [9.17, 15) is 4.79 Å². The van der Waals surface area contributed by atoms with Crippen LogP contribution < -0.4 is 5.32 Å². The summed E-state index contributed by atoms with van der Waals surface area (Å²) in [6.07, 6.45) is 1.59. The van der Waals surface area contributed by atoms with Gasteiger partial charge in [-0.3, -0.25) is 4.79 Å². The molecule has 2 aromatic carbocycles. The number of rotatable bonds is 4. The fourth-order valence-electron chi connectivity index (χ4n) is 2.79. The van der Waals surface area contributed by atoms with Crippen molar-refractivity contribution in [2.45, 2.75) is 0 Å². The van der Waals surface area contributed by atoms with Crippen LogP contribution in [0.1, 0.15) is 15.9 Å². The molecule has 4 rings (SSSR count). The van der Waals surface area contributed by atoms with E-state index in [1.807, 2.05) is 48.5 Å². The normalized spacial score (nSPS) is 13.2. The number of nitrogens with zero attached hydrogens (tertiary/aromatic N) is 1. The molecular weight excluding hydrogens is 316 g/mol. The van der Waals surface area contributed by atoms with Crippen molar-refractivity contribution in [2.75, 3.05) is 18.5 Å². The summed E-state index contributed by atoms with van der Waals surface area (Å²) in [6.45, 7) is 1.21. The van der Waals surface area contributed by atoms with Crippen molar-refractivity contribution in [3.63, 3.8) is 0 Å². The van der Waals surface area contributed by atoms with E-state index in [1.54, 1.807) is 18.4 Å². The van der Waals surface area contributed by atoms with Gasteiger partial charge in [0.2, 0.25) is 5.90 Å². The van der Waals surface area contributed by atoms with E-state index in [2.05, 4.69) is 10.3 Å². The van der Waals surface area contributed by atoms with Gasteiger partial charge in [-0.15, -0.1) is 0 Å². The number of carbonyl (C=O) groups excluding carboxylic acids is 1. The van der Waals surface area contributed by atoms with Gasteiger partial charge in [0.1, 0.15) is 12.4 Å². The summed E-state index contributed by atoms with van der Waals surface area (Å²) in [5.74, 6) is 1.01. The minimum absolute atomic E-state index is 0.210. The van der Waals surface area contributed by atoms with Gasteiger partial charge >= 0.3 is 0 Å². The fraction of sp³-hybridized carbons (Fsp3) is 0.100. The van der Waals surface area contributed by atoms with Crippen LogP contribution in [0.15, 0.2) is 76.3 Å². The molecule has 0 spiro atoms. The van der Waals surface area contributed by atoms with Crippen molar-refractivity contribution in [1.82, 2.24) is 0 Å². The van der Waals surface area contributed by atoms with Crippen LogP contribution in [0.5, 0.6) is 0 Å². The number of amides is 1. The summed E-state index contributed by atoms with van der Waals surface area (Å²) in [5, 5.41) is 2.96. The van der Waals surface area contributed by atoms with Gasteiger partial charge in [-0.1, -0.05) is 30.3 Å². The molecule has 5 heteroatoms. The molecule has 5 nitrogen and oxygen atoms in total. The monoisotopic (exact) mass is 332 g/mol. The molecule has 0 saturated heterocycles. The number of carbonyl (C=O) groups is 1. The van der Waals surface area contributed by atoms with E-state index < -0.39 is 0 Å². The van der Waals surface area contributed by atoms with Crippen molar-refractivity contribution in [3.05, 3.63) is 78.1 Å². The van der Waals surface area contributed by atoms with Crippen LogP contribution >= 0.6 is 0 Å². The summed E-state index contributed by atoms with van der Waals surface area (Å²) in [5.41, 5.74) is 2.74. The van der Waals surface area contributed by atoms with Gasteiger partial charge in [0.15, 0.2) is 0 Å². The third-order valence-electron chi connectivity index (χ3n) is 3.95. The van der Waals surface area contributed by atoms with E-state index >= 15 is 0 Å². The quantitative estimate of drug-likeness (QED) is 0.786. The van der Waals surface area contributed by atoms with Crippen molar-refractivity contribution in [2.24, 2.45) is 4.99 Å². The third kappa shape index (κ3) is 3.04. The Hall–Kier alpha value is -3.34. The van der Waals surface area contributed by atoms with E-state index in [0.29, 0.717) is 36.1 Å². The topological polar surface area (TPSA) is 63.8 Å². The second kappa shape index (κ2) is 6.65. The molecule has 1 aromatic heterocycles. The predicted octanol–water partition coefficient (Wildman–Crippen LogP) is 3.98. The largest absolute Gasteiger partial charge is 0.475 e. The maximum absolute atomic E-state index is 12.9. The zero-order chi connectivity index (χ0) is 17.1. The number of benzene rings is 2. The third-order valence-corrected chi connectivity index (χ3v) is 3.95. The van der Waals surface area contributed by atoms with Crippen LogP contribution in [0.3, 0.4) is 0 Å². The van der Waals surface area contributed by atoms with Gasteiger partial charge in [0, 0.05) is 5.56 Å². The first-order chi connectivity index (χ1) is 12.3. The van der Waals surface area contributed by atoms with Crippen LogP contribution in [-0.4, -0.2) is 25.0 Å². The molecule has 25 heavy (non-hydrogen) atoms. The summed E-state index contributed by atoms with van der Waals surface area (Å²) in [7, 11) is 0. The second-order valence-electron chi connectivity index (χ2n) is 5.56. The number of aliphatic imine (C=N–C) groups is 1. The van der Waals surface area contributed by atoms with Crippen LogP contribution in [-0.2, 0) is 4.74 Å². The highest BCUT2D eigenvalue weighted by molar-refractivity contribution is 6.11. The van der Waals surface area contributed by atoms with Gasteiger partial charge in [-0.05, 0) is 30.3 Å². The van der Waals surface area contributed by atoms with Crippen LogP contribution in [0, 0.1) is 0 Å². The molecule has 1 aliphatic heterocycles. The van der Waals surface area contributed by atoms with Gasteiger partial charge in [-0.2, -0.15) is 0 Å². The highest BCUT2D eigenvalue weighted by Gasteiger charge is 2.18. The minimum Gasteiger partial charge on any atom is -0.475 e. The lowest BCUT2D eigenvalue weighted by molar-refractivity contribution is 0.102. The van der Waals surface area contributed by atoms with Crippen LogP contribution in [0.25, 0.3) is 11.3 Å². The average Bonchev–Trinajstić information content (AvgIpc) is 3.36. The predicted molar refractivity (Wildman–Crippen MR) is 95.9 cm³/mol. The lowest BCUT2D eigenvalue weighted by Crippen LogP contribution is -2.16. The summed E-state index contributed by atoms with van der Waals surface area (Å²) < 4.78 is 11.0. The fourth-order valence-corrected chi connectivity index (χ4v) is 2.79. The molecule has 0 unspecified atom stereocenters. The standard InChI is InChI=1S/C20H16N2O3/c23-19(15-7-2-1-6-14(15)18-10-5-12-24-18)22-17-9-4-3-8-16(17)20-21-11-13-25-20/h1-10,12H,11,13H2,(H,22,23). The molecule has 3 aromatic rings. The first kappa shape index (κ1) is 15.2. The summed E-state index contributed by atoms with van der Waals surface area (Å²) in [4.78, 5) is 17.2. The number of anilines is 1. The Kier molecular flexibility index (Phi) is 4.04. The lowest BCUT2D eigenvalue weighted by atomic mass is 10.0. The molecule has 2 heterocycles. The Labute approximate surface area is 145 Å². The van der Waals surface area contributed by atoms with Gasteiger partial charge in [0.05, 0.1) is 29.6 Å². The number of hydrogen-bond acceptors (Lipinski definition) is 4. The summed E-state index contributed by atoms with van der Waals surface area (Å²) in [6, 6.07) is 18.5. The molecule has 124 valence electrons. The second-order valence-corrected chi connectivity index (χ2v) is 5.56. The number of para-hydroxylation sites is 1. The van der Waals surface area contributed by atoms with Crippen molar-refractivity contribution < 1.29 is 13.9 Å². The minimum atomic E-state index is -0.210. The van der Waals surface area contributed by atoms with E-state index in [1.165, 1.54) is 0 Å². The Bertz CT molecular complexity index is 930. The number of hydrogen-bond donors (Lipinski definition) is 1. The van der Waals surface area contributed by atoms with Crippen LogP contribution in [0.4, 0.5) is 5.69 Å². The highest BCUT2D eigenvalue weighted by Crippen LogP contribution is 2.26. The molecule has 0 aliphatic carbocycles. The van der Waals surface area contributed by atoms with Gasteiger partial charge < -0.3 is 14.5 Å². The van der Waals surface area contributed by atoms with E-state index in [-0.39, 0.29) is 5.91 Å². The molecule has 0 bridgehead atoms. The van der Waals surface area contributed by atoms with E-state index in [0.717, 1.165) is 11.1 Å². The zero-order valence-corrected chi connectivity index (χ0v) is 13.4. The van der Waals surface area contributed by atoms with Crippen molar-refractivity contribution >= 4 is 17.5 Å². The van der Waals surface area contributed by atoms with E-state index in [4.69, 9.17) is 9.15 Å². The Balaban J connectivity index is 1.66. The molecule has 0 radical (unpaired) electrons. The van der Waals surface area contributed by atoms with Crippen LogP contribution in [0.2, 0.25) is 0 Å². The van der Waals surface area contributed by atoms with Crippen molar-refractivity contribution in [1.29, 1.82) is 0 Å². The molecule has 0 atom stereocenters. The lowest BCUT2D eigenvalue weighted by Gasteiger charge is -2.12. The maximum atomic E-state index is 12.9. The average molecular weight is 332 g/mol. The first-order valence-electron chi connectivity index (χ1n) is 8.04. The zero-order valence-electron chi connectivity index (χ0n) is 13.4. The smallest absolute Gasteiger partial charge is 0.256 e. The number of furan rings is 1. The molecule has 0 saturated carbocycles.